The van der Waals surface area contributed by atoms with Crippen LogP contribution < -0.4 is 14.7 Å². The molecule has 0 N–H and O–H groups in total. The Labute approximate surface area is 253 Å². The molecule has 0 unspecified atom stereocenters. The number of hydrogen-bond acceptors (Lipinski definition) is 4. The summed E-state index contributed by atoms with van der Waals surface area (Å²) in [4.78, 5) is 7.66. The predicted molar refractivity (Wildman–Crippen MR) is 183 cm³/mol. The fourth-order valence-electron chi connectivity index (χ4n) is 6.14. The molecule has 0 saturated heterocycles. The van der Waals surface area contributed by atoms with Crippen LogP contribution in [-0.4, -0.2) is 12.8 Å². The summed E-state index contributed by atoms with van der Waals surface area (Å²) < 4.78 is 8.54. The third-order valence-electron chi connectivity index (χ3n) is 8.26. The Hall–Kier alpha value is -5.19. The fourth-order valence-corrected chi connectivity index (χ4v) is 7.29. The van der Waals surface area contributed by atoms with Crippen LogP contribution in [0.2, 0.25) is 0 Å². The normalized spacial score (nSPS) is 15.4. The van der Waals surface area contributed by atoms with E-state index in [0.717, 1.165) is 66.6 Å². The number of allylic oxidation sites excluding steroid dienone is 2. The molecular formula is C39H28N2OS. The zero-order valence-electron chi connectivity index (χ0n) is 23.9. The largest absolute Gasteiger partial charge is 0.456 e. The van der Waals surface area contributed by atoms with E-state index in [1.807, 2.05) is 23.5 Å². The van der Waals surface area contributed by atoms with Crippen LogP contribution in [-0.2, 0) is 0 Å². The lowest BCUT2D eigenvalue weighted by molar-refractivity contribution is 0.669. The van der Waals surface area contributed by atoms with Crippen LogP contribution in [0, 0.1) is 0 Å². The van der Waals surface area contributed by atoms with Crippen LogP contribution in [0.4, 0.5) is 5.69 Å². The van der Waals surface area contributed by atoms with Gasteiger partial charge in [-0.2, -0.15) is 0 Å². The standard InChI is InChI=1S/C39H28N2OS/c1-3-25(27-21-22-34-31(23-27)28-15-8-11-19-33(28)42-34)24-36-37(30-17-9-12-20-35(30)43-36)39-40-38(26-13-5-4-6-14-26)29-16-7-10-18-32(29)41(39)2/h3-24H,1-2H3/b25-3+,36-24+,39-37-. The minimum atomic E-state index is 0.906. The van der Waals surface area contributed by atoms with Crippen LogP contribution in [0.3, 0.4) is 0 Å². The molecule has 0 bridgehead atoms. The highest BCUT2D eigenvalue weighted by atomic mass is 32.1. The Morgan fingerprint density at radius 1 is 0.744 bits per heavy atom. The van der Waals surface area contributed by atoms with Crippen LogP contribution in [0.25, 0.3) is 49.5 Å². The quantitative estimate of drug-likeness (QED) is 0.212. The van der Waals surface area contributed by atoms with E-state index in [1.165, 1.54) is 14.6 Å². The maximum Gasteiger partial charge on any atom is 0.142 e. The van der Waals surface area contributed by atoms with E-state index in [2.05, 4.69) is 140 Å². The molecule has 43 heavy (non-hydrogen) atoms. The van der Waals surface area contributed by atoms with E-state index in [-0.39, 0.29) is 0 Å². The van der Waals surface area contributed by atoms with Crippen molar-refractivity contribution in [1.29, 1.82) is 0 Å². The molecule has 0 saturated carbocycles. The third kappa shape index (κ3) is 4.22. The van der Waals surface area contributed by atoms with E-state index in [0.29, 0.717) is 0 Å². The van der Waals surface area contributed by atoms with Gasteiger partial charge in [0.05, 0.1) is 11.4 Å². The van der Waals surface area contributed by atoms with Gasteiger partial charge in [-0.15, -0.1) is 11.3 Å². The topological polar surface area (TPSA) is 28.7 Å². The number of fused-ring (bicyclic) bond motifs is 5. The monoisotopic (exact) mass is 572 g/mol. The minimum absolute atomic E-state index is 0.906. The van der Waals surface area contributed by atoms with Gasteiger partial charge in [-0.05, 0) is 54.5 Å². The molecule has 5 aromatic carbocycles. The van der Waals surface area contributed by atoms with Crippen molar-refractivity contribution in [3.8, 4) is 0 Å². The van der Waals surface area contributed by atoms with E-state index >= 15 is 0 Å². The van der Waals surface area contributed by atoms with Gasteiger partial charge in [0.1, 0.15) is 17.0 Å². The molecule has 4 heteroatoms. The molecule has 1 aliphatic heterocycles. The third-order valence-corrected chi connectivity index (χ3v) is 9.37. The number of benzene rings is 5. The second kappa shape index (κ2) is 10.3. The van der Waals surface area contributed by atoms with Crippen molar-refractivity contribution in [2.24, 2.45) is 4.99 Å². The molecule has 206 valence electrons. The van der Waals surface area contributed by atoms with E-state index < -0.39 is 0 Å². The highest BCUT2D eigenvalue weighted by molar-refractivity contribution is 7.17. The Balaban J connectivity index is 1.41. The van der Waals surface area contributed by atoms with Crippen molar-refractivity contribution >= 4 is 72.2 Å². The maximum atomic E-state index is 6.11. The van der Waals surface area contributed by atoms with Gasteiger partial charge in [0, 0.05) is 48.8 Å². The first-order valence-electron chi connectivity index (χ1n) is 14.5. The van der Waals surface area contributed by atoms with Crippen molar-refractivity contribution in [3.05, 3.63) is 154 Å². The van der Waals surface area contributed by atoms with Gasteiger partial charge in [0.25, 0.3) is 0 Å². The molecule has 3 heterocycles. The summed E-state index contributed by atoms with van der Waals surface area (Å²) in [7, 11) is 2.13. The fraction of sp³-hybridized carbons (Fsp3) is 0.0513. The Kier molecular flexibility index (Phi) is 6.09. The number of aliphatic imine (C=N–C) groups is 1. The first-order chi connectivity index (χ1) is 21.2. The van der Waals surface area contributed by atoms with E-state index in [9.17, 15) is 0 Å². The van der Waals surface area contributed by atoms with Gasteiger partial charge in [-0.3, -0.25) is 0 Å². The number of anilines is 1. The SMILES string of the molecule is C\C=C(/C=c1/sc2ccccc2/c1=C1\N=C(c2ccccc2)c2ccccc2N1C)c1ccc2oc3ccccc3c2c1. The lowest BCUT2D eigenvalue weighted by Crippen LogP contribution is -2.33. The van der Waals surface area contributed by atoms with Crippen molar-refractivity contribution in [3.63, 3.8) is 0 Å². The van der Waals surface area contributed by atoms with Crippen molar-refractivity contribution in [2.75, 3.05) is 11.9 Å². The van der Waals surface area contributed by atoms with E-state index in [4.69, 9.17) is 9.41 Å². The van der Waals surface area contributed by atoms with Gasteiger partial charge in [-0.1, -0.05) is 97.1 Å². The molecule has 0 spiro atoms. The smallest absolute Gasteiger partial charge is 0.142 e. The summed E-state index contributed by atoms with van der Waals surface area (Å²) in [5.41, 5.74) is 8.53. The predicted octanol–water partition coefficient (Wildman–Crippen LogP) is 8.74. The Bertz CT molecular complexity index is 2370. The average molecular weight is 573 g/mol. The molecule has 0 aliphatic carbocycles. The van der Waals surface area contributed by atoms with Crippen molar-refractivity contribution in [1.82, 2.24) is 0 Å². The first-order valence-corrected chi connectivity index (χ1v) is 15.3. The number of thiophene rings is 1. The zero-order valence-corrected chi connectivity index (χ0v) is 24.7. The van der Waals surface area contributed by atoms with Crippen LogP contribution >= 0.6 is 11.3 Å². The summed E-state index contributed by atoms with van der Waals surface area (Å²) in [5, 5.41) is 4.63. The van der Waals surface area contributed by atoms with E-state index in [1.54, 1.807) is 0 Å². The number of para-hydroxylation sites is 2. The second-order valence-electron chi connectivity index (χ2n) is 10.8. The highest BCUT2D eigenvalue weighted by Gasteiger charge is 2.24. The summed E-state index contributed by atoms with van der Waals surface area (Å²) in [6.45, 7) is 2.11. The number of furan rings is 1. The highest BCUT2D eigenvalue weighted by Crippen LogP contribution is 2.33. The number of rotatable bonds is 3. The van der Waals surface area contributed by atoms with Gasteiger partial charge in [-0.25, -0.2) is 4.99 Å². The van der Waals surface area contributed by atoms with Crippen molar-refractivity contribution in [2.45, 2.75) is 6.92 Å². The molecule has 3 nitrogen and oxygen atoms in total. The van der Waals surface area contributed by atoms with Gasteiger partial charge in [0.15, 0.2) is 0 Å². The van der Waals surface area contributed by atoms with Crippen LogP contribution in [0.15, 0.2) is 137 Å². The van der Waals surface area contributed by atoms with Gasteiger partial charge >= 0.3 is 0 Å². The Morgan fingerprint density at radius 2 is 1.47 bits per heavy atom. The zero-order chi connectivity index (χ0) is 28.9. The van der Waals surface area contributed by atoms with Crippen molar-refractivity contribution < 1.29 is 4.42 Å². The first kappa shape index (κ1) is 25.5. The molecule has 0 atom stereocenters. The summed E-state index contributed by atoms with van der Waals surface area (Å²) >= 11 is 1.81. The molecule has 1 aliphatic rings. The lowest BCUT2D eigenvalue weighted by Gasteiger charge is -2.28. The molecule has 8 rings (SSSR count). The molecule has 2 aromatic heterocycles. The van der Waals surface area contributed by atoms with Gasteiger partial charge < -0.3 is 9.32 Å². The summed E-state index contributed by atoms with van der Waals surface area (Å²) in [6, 6.07) is 42.5. The van der Waals surface area contributed by atoms with Gasteiger partial charge in [0.2, 0.25) is 0 Å². The molecule has 7 aromatic rings. The molecule has 0 amide bonds. The molecular weight excluding hydrogens is 545 g/mol. The second-order valence-corrected chi connectivity index (χ2v) is 11.8. The maximum absolute atomic E-state index is 6.11. The molecule has 0 fully saturated rings. The number of hydrogen-bond donors (Lipinski definition) is 0. The summed E-state index contributed by atoms with van der Waals surface area (Å²) in [6.07, 6.45) is 4.52. The van der Waals surface area contributed by atoms with Crippen LogP contribution in [0.5, 0.6) is 0 Å². The Morgan fingerprint density at radius 3 is 2.33 bits per heavy atom. The lowest BCUT2D eigenvalue weighted by atomic mass is 9.98. The number of nitrogens with zero attached hydrogens (tertiary/aromatic N) is 2. The minimum Gasteiger partial charge on any atom is -0.456 e. The average Bonchev–Trinajstić information content (AvgIpc) is 3.62. The molecule has 0 radical (unpaired) electrons. The summed E-state index contributed by atoms with van der Waals surface area (Å²) in [5.74, 6) is 0.952. The van der Waals surface area contributed by atoms with Crippen LogP contribution in [0.1, 0.15) is 23.6 Å².